The summed E-state index contributed by atoms with van der Waals surface area (Å²) in [7, 11) is -3.51. The van der Waals surface area contributed by atoms with Gasteiger partial charge in [-0.1, -0.05) is 37.3 Å². The lowest BCUT2D eigenvalue weighted by molar-refractivity contribution is 0.0974. The molecule has 1 aliphatic rings. The summed E-state index contributed by atoms with van der Waals surface area (Å²) in [5, 5.41) is 0. The Bertz CT molecular complexity index is 601. The number of hydrogen-bond donors (Lipinski definition) is 1. The van der Waals surface area contributed by atoms with Gasteiger partial charge in [-0.3, -0.25) is 4.79 Å². The number of benzene rings is 1. The van der Waals surface area contributed by atoms with E-state index in [1.54, 1.807) is 31.2 Å². The van der Waals surface area contributed by atoms with Gasteiger partial charge in [0.1, 0.15) is 0 Å². The van der Waals surface area contributed by atoms with Gasteiger partial charge < -0.3 is 0 Å². The van der Waals surface area contributed by atoms with Crippen LogP contribution < -0.4 is 4.72 Å². The standard InChI is InChI=1S/C16H24N2O3S/c1-13-7-6-10-18(12-13)22(20,21)17-14(2)11-16(19)15-8-4-3-5-9-15/h3-5,8-9,13-14,17H,6-7,10-12H2,1-2H3. The molecule has 0 spiro atoms. The second-order valence-corrected chi connectivity index (χ2v) is 7.82. The third kappa shape index (κ3) is 4.63. The van der Waals surface area contributed by atoms with E-state index in [0.29, 0.717) is 24.6 Å². The highest BCUT2D eigenvalue weighted by atomic mass is 32.2. The fourth-order valence-electron chi connectivity index (χ4n) is 2.76. The van der Waals surface area contributed by atoms with E-state index in [4.69, 9.17) is 0 Å². The fraction of sp³-hybridized carbons (Fsp3) is 0.562. The Labute approximate surface area is 132 Å². The summed E-state index contributed by atoms with van der Waals surface area (Å²) < 4.78 is 28.8. The van der Waals surface area contributed by atoms with E-state index in [-0.39, 0.29) is 12.2 Å². The Morgan fingerprint density at radius 2 is 2.05 bits per heavy atom. The zero-order valence-electron chi connectivity index (χ0n) is 13.2. The quantitative estimate of drug-likeness (QED) is 0.816. The molecule has 0 amide bonds. The van der Waals surface area contributed by atoms with E-state index in [2.05, 4.69) is 11.6 Å². The van der Waals surface area contributed by atoms with Crippen molar-refractivity contribution in [2.24, 2.45) is 5.92 Å². The Morgan fingerprint density at radius 3 is 2.68 bits per heavy atom. The van der Waals surface area contributed by atoms with Crippen LogP contribution in [0.2, 0.25) is 0 Å². The van der Waals surface area contributed by atoms with Gasteiger partial charge in [0, 0.05) is 31.1 Å². The number of nitrogens with one attached hydrogen (secondary N) is 1. The molecular formula is C16H24N2O3S. The average molecular weight is 324 g/mol. The van der Waals surface area contributed by atoms with Crippen LogP contribution in [0.1, 0.15) is 43.5 Å². The first-order valence-corrected chi connectivity index (χ1v) is 9.18. The van der Waals surface area contributed by atoms with Crippen molar-refractivity contribution in [3.63, 3.8) is 0 Å². The molecule has 122 valence electrons. The molecule has 0 aromatic heterocycles. The summed E-state index contributed by atoms with van der Waals surface area (Å²) in [4.78, 5) is 12.1. The molecule has 2 atom stereocenters. The van der Waals surface area contributed by atoms with E-state index in [0.717, 1.165) is 12.8 Å². The van der Waals surface area contributed by atoms with Crippen molar-refractivity contribution < 1.29 is 13.2 Å². The lowest BCUT2D eigenvalue weighted by atomic mass is 10.0. The second kappa shape index (κ2) is 7.35. The van der Waals surface area contributed by atoms with Crippen LogP contribution >= 0.6 is 0 Å². The van der Waals surface area contributed by atoms with E-state index >= 15 is 0 Å². The molecule has 1 N–H and O–H groups in total. The van der Waals surface area contributed by atoms with Crippen molar-refractivity contribution in [1.82, 2.24) is 9.03 Å². The Kier molecular flexibility index (Phi) is 5.72. The van der Waals surface area contributed by atoms with E-state index in [1.807, 2.05) is 6.07 Å². The molecule has 1 saturated heterocycles. The van der Waals surface area contributed by atoms with Crippen LogP contribution in [0.3, 0.4) is 0 Å². The van der Waals surface area contributed by atoms with Gasteiger partial charge in [-0.2, -0.15) is 17.4 Å². The number of carbonyl (C=O) groups is 1. The predicted octanol–water partition coefficient (Wildman–Crippen LogP) is 2.21. The summed E-state index contributed by atoms with van der Waals surface area (Å²) in [5.41, 5.74) is 0.611. The van der Waals surface area contributed by atoms with Crippen LogP contribution in [0, 0.1) is 5.92 Å². The molecule has 2 unspecified atom stereocenters. The van der Waals surface area contributed by atoms with Crippen LogP contribution in [-0.4, -0.2) is 37.6 Å². The van der Waals surface area contributed by atoms with Crippen molar-refractivity contribution in [2.75, 3.05) is 13.1 Å². The second-order valence-electron chi connectivity index (χ2n) is 6.12. The largest absolute Gasteiger partial charge is 0.294 e. The number of piperidine rings is 1. The van der Waals surface area contributed by atoms with Crippen LogP contribution in [0.15, 0.2) is 30.3 Å². The molecular weight excluding hydrogens is 300 g/mol. The average Bonchev–Trinajstić information content (AvgIpc) is 2.47. The number of ketones is 1. The maximum absolute atomic E-state index is 12.4. The molecule has 1 fully saturated rings. The summed E-state index contributed by atoms with van der Waals surface area (Å²) in [5.74, 6) is 0.328. The van der Waals surface area contributed by atoms with E-state index < -0.39 is 16.3 Å². The Morgan fingerprint density at radius 1 is 1.36 bits per heavy atom. The van der Waals surface area contributed by atoms with Crippen molar-refractivity contribution in [3.8, 4) is 0 Å². The number of hydrogen-bond acceptors (Lipinski definition) is 3. The monoisotopic (exact) mass is 324 g/mol. The van der Waals surface area contributed by atoms with Crippen LogP contribution in [0.25, 0.3) is 0 Å². The number of Topliss-reactive ketones (excluding diaryl/α,β-unsaturated/α-hetero) is 1. The maximum atomic E-state index is 12.4. The molecule has 1 aromatic carbocycles. The lowest BCUT2D eigenvalue weighted by Crippen LogP contribution is -2.48. The summed E-state index contributed by atoms with van der Waals surface area (Å²) >= 11 is 0. The molecule has 1 aromatic rings. The first-order chi connectivity index (χ1) is 10.4. The first kappa shape index (κ1) is 17.1. The number of rotatable bonds is 6. The van der Waals surface area contributed by atoms with Gasteiger partial charge in [0.15, 0.2) is 5.78 Å². The van der Waals surface area contributed by atoms with E-state index in [9.17, 15) is 13.2 Å². The van der Waals surface area contributed by atoms with Gasteiger partial charge in [0.2, 0.25) is 0 Å². The summed E-state index contributed by atoms with van der Waals surface area (Å²) in [6, 6.07) is 8.52. The van der Waals surface area contributed by atoms with Gasteiger partial charge in [0.25, 0.3) is 10.2 Å². The van der Waals surface area contributed by atoms with Gasteiger partial charge in [-0.25, -0.2) is 0 Å². The van der Waals surface area contributed by atoms with Crippen molar-refractivity contribution in [1.29, 1.82) is 0 Å². The molecule has 5 nitrogen and oxygen atoms in total. The SMILES string of the molecule is CC1CCCN(S(=O)(=O)NC(C)CC(=O)c2ccccc2)C1. The third-order valence-corrected chi connectivity index (χ3v) is 5.61. The number of carbonyl (C=O) groups excluding carboxylic acids is 1. The summed E-state index contributed by atoms with van der Waals surface area (Å²) in [6.45, 7) is 4.89. The van der Waals surface area contributed by atoms with Gasteiger partial charge in [-0.05, 0) is 25.7 Å². The van der Waals surface area contributed by atoms with Gasteiger partial charge >= 0.3 is 0 Å². The molecule has 2 rings (SSSR count). The zero-order chi connectivity index (χ0) is 16.2. The Hall–Kier alpha value is -1.24. The number of nitrogens with zero attached hydrogens (tertiary/aromatic N) is 1. The predicted molar refractivity (Wildman–Crippen MR) is 86.9 cm³/mol. The minimum atomic E-state index is -3.51. The third-order valence-electron chi connectivity index (χ3n) is 3.90. The smallest absolute Gasteiger partial charge is 0.279 e. The molecule has 0 bridgehead atoms. The molecule has 0 saturated carbocycles. The van der Waals surface area contributed by atoms with Crippen LogP contribution in [0.5, 0.6) is 0 Å². The molecule has 6 heteroatoms. The lowest BCUT2D eigenvalue weighted by Gasteiger charge is -2.31. The minimum Gasteiger partial charge on any atom is -0.294 e. The van der Waals surface area contributed by atoms with Gasteiger partial charge in [-0.15, -0.1) is 0 Å². The van der Waals surface area contributed by atoms with Crippen LogP contribution in [0.4, 0.5) is 0 Å². The minimum absolute atomic E-state index is 0.0530. The molecule has 0 aliphatic carbocycles. The molecule has 1 heterocycles. The normalized spacial score (nSPS) is 21.5. The Balaban J connectivity index is 1.93. The van der Waals surface area contributed by atoms with Gasteiger partial charge in [0.05, 0.1) is 0 Å². The molecule has 1 aliphatic heterocycles. The highest BCUT2D eigenvalue weighted by Gasteiger charge is 2.28. The van der Waals surface area contributed by atoms with Crippen molar-refractivity contribution in [2.45, 2.75) is 39.2 Å². The van der Waals surface area contributed by atoms with E-state index in [1.165, 1.54) is 4.31 Å². The first-order valence-electron chi connectivity index (χ1n) is 7.74. The molecule has 22 heavy (non-hydrogen) atoms. The maximum Gasteiger partial charge on any atom is 0.279 e. The summed E-state index contributed by atoms with van der Waals surface area (Å²) in [6.07, 6.45) is 2.11. The van der Waals surface area contributed by atoms with Crippen molar-refractivity contribution in [3.05, 3.63) is 35.9 Å². The highest BCUT2D eigenvalue weighted by Crippen LogP contribution is 2.18. The highest BCUT2D eigenvalue weighted by molar-refractivity contribution is 7.87. The topological polar surface area (TPSA) is 66.5 Å². The van der Waals surface area contributed by atoms with Crippen molar-refractivity contribution >= 4 is 16.0 Å². The van der Waals surface area contributed by atoms with Crippen LogP contribution in [-0.2, 0) is 10.2 Å². The molecule has 0 radical (unpaired) electrons. The zero-order valence-corrected chi connectivity index (χ0v) is 14.0. The fourth-order valence-corrected chi connectivity index (χ4v) is 4.32.